The molecule has 0 saturated carbocycles. The van der Waals surface area contributed by atoms with Crippen molar-refractivity contribution in [2.45, 2.75) is 6.42 Å². The van der Waals surface area contributed by atoms with Gasteiger partial charge in [0.2, 0.25) is 0 Å². The fourth-order valence-electron chi connectivity index (χ4n) is 3.49. The average molecular weight is 484 g/mol. The van der Waals surface area contributed by atoms with Gasteiger partial charge in [-0.05, 0) is 72.1 Å². The van der Waals surface area contributed by atoms with Gasteiger partial charge >= 0.3 is 0 Å². The van der Waals surface area contributed by atoms with Crippen LogP contribution in [0.15, 0.2) is 95.5 Å². The minimum Gasteiger partial charge on any atom is -0.493 e. The number of methoxy groups -OCH3 is 2. The molecule has 8 nitrogen and oxygen atoms in total. The van der Waals surface area contributed by atoms with Crippen LogP contribution in [0.5, 0.6) is 11.5 Å². The van der Waals surface area contributed by atoms with Crippen LogP contribution in [0.1, 0.15) is 27.2 Å². The van der Waals surface area contributed by atoms with Crippen molar-refractivity contribution >= 4 is 23.6 Å². The lowest BCUT2D eigenvalue weighted by Crippen LogP contribution is -2.30. The van der Waals surface area contributed by atoms with Crippen LogP contribution in [0.3, 0.4) is 0 Å². The van der Waals surface area contributed by atoms with Gasteiger partial charge < -0.3 is 24.5 Å². The number of carbonyl (C=O) groups excluding carboxylic acids is 2. The number of amides is 2. The van der Waals surface area contributed by atoms with E-state index in [1.54, 1.807) is 36.7 Å². The Morgan fingerprint density at radius 2 is 1.64 bits per heavy atom. The van der Waals surface area contributed by atoms with Crippen LogP contribution in [0.2, 0.25) is 0 Å². The highest BCUT2D eigenvalue weighted by molar-refractivity contribution is 6.10. The number of nitrogens with one attached hydrogen (secondary N) is 2. The monoisotopic (exact) mass is 483 g/mol. The zero-order valence-corrected chi connectivity index (χ0v) is 19.9. The van der Waals surface area contributed by atoms with Gasteiger partial charge in [0.1, 0.15) is 11.5 Å². The molecule has 0 atom stereocenters. The molecule has 0 unspecified atom stereocenters. The summed E-state index contributed by atoms with van der Waals surface area (Å²) in [4.78, 5) is 30.1. The number of benzene rings is 2. The molecule has 182 valence electrons. The van der Waals surface area contributed by atoms with Crippen molar-refractivity contribution < 1.29 is 23.5 Å². The lowest BCUT2D eigenvalue weighted by molar-refractivity contribution is -0.113. The predicted molar refractivity (Wildman–Crippen MR) is 136 cm³/mol. The molecule has 2 amide bonds. The second-order valence-electron chi connectivity index (χ2n) is 7.78. The van der Waals surface area contributed by atoms with E-state index in [4.69, 9.17) is 13.9 Å². The first kappa shape index (κ1) is 24.3. The molecular formula is C28H25N3O5. The molecule has 2 aromatic heterocycles. The minimum absolute atomic E-state index is 0.0191. The fraction of sp³-hybridized carbons (Fsp3) is 0.107. The maximum atomic E-state index is 13.1. The third-order valence-electron chi connectivity index (χ3n) is 5.34. The first-order valence-electron chi connectivity index (χ1n) is 11.1. The molecule has 0 aliphatic carbocycles. The van der Waals surface area contributed by atoms with Crippen LogP contribution in [-0.2, 0) is 11.2 Å². The Labute approximate surface area is 208 Å². The van der Waals surface area contributed by atoms with Crippen LogP contribution in [0, 0.1) is 0 Å². The minimum atomic E-state index is -0.498. The Hall–Kier alpha value is -4.85. The summed E-state index contributed by atoms with van der Waals surface area (Å²) in [5, 5.41) is 5.50. The van der Waals surface area contributed by atoms with Crippen LogP contribution >= 0.6 is 0 Å². The normalized spacial score (nSPS) is 11.0. The molecule has 36 heavy (non-hydrogen) atoms. The molecule has 2 aromatic carbocycles. The summed E-state index contributed by atoms with van der Waals surface area (Å²) in [5.74, 6) is 0.322. The lowest BCUT2D eigenvalue weighted by atomic mass is 10.1. The van der Waals surface area contributed by atoms with E-state index in [1.807, 2.05) is 36.4 Å². The van der Waals surface area contributed by atoms with E-state index in [2.05, 4.69) is 15.6 Å². The first-order chi connectivity index (χ1) is 17.6. The van der Waals surface area contributed by atoms with Gasteiger partial charge in [-0.15, -0.1) is 0 Å². The van der Waals surface area contributed by atoms with E-state index in [9.17, 15) is 9.59 Å². The number of anilines is 1. The summed E-state index contributed by atoms with van der Waals surface area (Å²) < 4.78 is 15.8. The molecule has 0 fully saturated rings. The molecule has 0 bridgehead atoms. The van der Waals surface area contributed by atoms with E-state index >= 15 is 0 Å². The molecule has 2 N–H and O–H groups in total. The van der Waals surface area contributed by atoms with Crippen LogP contribution in [-0.4, -0.2) is 31.0 Å². The second kappa shape index (κ2) is 11.5. The van der Waals surface area contributed by atoms with Gasteiger partial charge in [-0.3, -0.25) is 14.6 Å². The van der Waals surface area contributed by atoms with Crippen LogP contribution < -0.4 is 20.1 Å². The number of furan rings is 1. The molecule has 0 spiro atoms. The maximum Gasteiger partial charge on any atom is 0.272 e. The van der Waals surface area contributed by atoms with E-state index in [0.29, 0.717) is 28.5 Å². The summed E-state index contributed by atoms with van der Waals surface area (Å²) in [6.45, 7) is 0. The number of hydrogen-bond acceptors (Lipinski definition) is 6. The Morgan fingerprint density at radius 1 is 0.917 bits per heavy atom. The smallest absolute Gasteiger partial charge is 0.272 e. The summed E-state index contributed by atoms with van der Waals surface area (Å²) >= 11 is 0. The van der Waals surface area contributed by atoms with Crippen LogP contribution in [0.25, 0.3) is 6.08 Å². The standard InChI is InChI=1S/C28H25N3O5/c1-34-25-10-7-21(17-26(25)35-2)27(32)31-24(18-23-4-3-15-36-23)28(33)30-22-8-5-19(6-9-22)16-20-11-13-29-14-12-20/h3-15,17-18H,16H2,1-2H3,(H,30,33)(H,31,32)/b24-18-. The van der Waals surface area contributed by atoms with Crippen LogP contribution in [0.4, 0.5) is 5.69 Å². The maximum absolute atomic E-state index is 13.1. The molecule has 0 radical (unpaired) electrons. The van der Waals surface area contributed by atoms with Gasteiger partial charge in [0.25, 0.3) is 11.8 Å². The van der Waals surface area contributed by atoms with E-state index < -0.39 is 11.8 Å². The van der Waals surface area contributed by atoms with Crippen molar-refractivity contribution in [2.24, 2.45) is 0 Å². The Balaban J connectivity index is 1.50. The summed E-state index contributed by atoms with van der Waals surface area (Å²) in [6, 6.07) is 19.6. The SMILES string of the molecule is COc1ccc(C(=O)N/C(=C\c2ccco2)C(=O)Nc2ccc(Cc3ccncc3)cc2)cc1OC. The third-order valence-corrected chi connectivity index (χ3v) is 5.34. The Kier molecular flexibility index (Phi) is 7.77. The topological polar surface area (TPSA) is 103 Å². The van der Waals surface area contributed by atoms with Crippen molar-refractivity contribution in [1.82, 2.24) is 10.3 Å². The fourth-order valence-corrected chi connectivity index (χ4v) is 3.49. The lowest BCUT2D eigenvalue weighted by Gasteiger charge is -2.13. The van der Waals surface area contributed by atoms with Gasteiger partial charge in [0.05, 0.1) is 20.5 Å². The van der Waals surface area contributed by atoms with E-state index in [1.165, 1.54) is 32.6 Å². The highest BCUT2D eigenvalue weighted by atomic mass is 16.5. The van der Waals surface area contributed by atoms with Crippen molar-refractivity contribution in [3.63, 3.8) is 0 Å². The Morgan fingerprint density at radius 3 is 2.31 bits per heavy atom. The molecule has 8 heteroatoms. The quantitative estimate of drug-likeness (QED) is 0.335. The zero-order valence-electron chi connectivity index (χ0n) is 19.9. The summed E-state index contributed by atoms with van der Waals surface area (Å²) in [7, 11) is 3.00. The number of nitrogens with zero attached hydrogens (tertiary/aromatic N) is 1. The first-order valence-corrected chi connectivity index (χ1v) is 11.1. The van der Waals surface area contributed by atoms with E-state index in [0.717, 1.165) is 17.5 Å². The highest BCUT2D eigenvalue weighted by Crippen LogP contribution is 2.27. The van der Waals surface area contributed by atoms with Gasteiger partial charge in [-0.1, -0.05) is 12.1 Å². The molecule has 0 aliphatic heterocycles. The van der Waals surface area contributed by atoms with Gasteiger partial charge in [0, 0.05) is 29.7 Å². The molecule has 4 rings (SSSR count). The van der Waals surface area contributed by atoms with Crippen molar-refractivity contribution in [3.8, 4) is 11.5 Å². The highest BCUT2D eigenvalue weighted by Gasteiger charge is 2.17. The largest absolute Gasteiger partial charge is 0.493 e. The number of hydrogen-bond donors (Lipinski definition) is 2. The van der Waals surface area contributed by atoms with Crippen molar-refractivity contribution in [2.75, 3.05) is 19.5 Å². The number of pyridine rings is 1. The average Bonchev–Trinajstić information content (AvgIpc) is 3.42. The number of ether oxygens (including phenoxy) is 2. The second-order valence-corrected chi connectivity index (χ2v) is 7.78. The molecule has 0 aliphatic rings. The number of carbonyl (C=O) groups is 2. The molecule has 2 heterocycles. The third kappa shape index (κ3) is 6.18. The van der Waals surface area contributed by atoms with E-state index in [-0.39, 0.29) is 5.70 Å². The van der Waals surface area contributed by atoms with Crippen molar-refractivity contribution in [1.29, 1.82) is 0 Å². The van der Waals surface area contributed by atoms with Gasteiger partial charge in [0.15, 0.2) is 11.5 Å². The van der Waals surface area contributed by atoms with Crippen molar-refractivity contribution in [3.05, 3.63) is 114 Å². The van der Waals surface area contributed by atoms with Gasteiger partial charge in [-0.2, -0.15) is 0 Å². The molecule has 0 saturated heterocycles. The summed E-state index contributed by atoms with van der Waals surface area (Å²) in [6.07, 6.45) is 7.22. The van der Waals surface area contributed by atoms with Gasteiger partial charge in [-0.25, -0.2) is 0 Å². The number of aromatic nitrogens is 1. The molecular weight excluding hydrogens is 458 g/mol. The number of rotatable bonds is 9. The summed E-state index contributed by atoms with van der Waals surface area (Å²) in [5.41, 5.74) is 3.14. The predicted octanol–water partition coefficient (Wildman–Crippen LogP) is 4.69. The zero-order chi connectivity index (χ0) is 25.3. The Bertz CT molecular complexity index is 1350. The molecule has 4 aromatic rings.